The molecule has 0 bridgehead atoms. The molecule has 0 spiro atoms. The number of hydrogen-bond acceptors (Lipinski definition) is 7. The number of carboxylic acid groups (broad SMARTS) is 1. The first kappa shape index (κ1) is 19.0. The van der Waals surface area contributed by atoms with Crippen molar-refractivity contribution in [1.29, 1.82) is 0 Å². The van der Waals surface area contributed by atoms with Gasteiger partial charge in [-0.1, -0.05) is 15.9 Å². The van der Waals surface area contributed by atoms with Crippen molar-refractivity contribution in [3.05, 3.63) is 33.1 Å². The molecule has 1 saturated heterocycles. The predicted octanol–water partition coefficient (Wildman–Crippen LogP) is 2.12. The minimum atomic E-state index is -1.28. The second-order valence-corrected chi connectivity index (χ2v) is 6.62. The molecule has 1 aromatic carbocycles. The highest BCUT2D eigenvalue weighted by atomic mass is 79.9. The highest BCUT2D eigenvalue weighted by molar-refractivity contribution is 9.10. The average molecular weight is 430 g/mol. The van der Waals surface area contributed by atoms with E-state index in [1.807, 2.05) is 0 Å². The quantitative estimate of drug-likeness (QED) is 0.540. The van der Waals surface area contributed by atoms with Crippen LogP contribution in [0.3, 0.4) is 0 Å². The normalized spacial score (nSPS) is 15.6. The smallest absolute Gasteiger partial charge is 0.343 e. The zero-order valence-corrected chi connectivity index (χ0v) is 15.3. The molecule has 0 saturated carbocycles. The third-order valence-corrected chi connectivity index (χ3v) is 4.40. The number of halogens is 1. The van der Waals surface area contributed by atoms with Crippen molar-refractivity contribution in [3.63, 3.8) is 0 Å². The van der Waals surface area contributed by atoms with Crippen LogP contribution in [-0.2, 0) is 19.1 Å². The number of benzene rings is 1. The number of ether oxygens (including phenoxy) is 2. The molecule has 8 nitrogen and oxygen atoms in total. The van der Waals surface area contributed by atoms with Crippen molar-refractivity contribution < 1.29 is 33.8 Å². The Morgan fingerprint density at radius 1 is 1.36 bits per heavy atom. The summed E-state index contributed by atoms with van der Waals surface area (Å²) in [7, 11) is 1.23. The SMILES string of the molecule is COC(=O)COc1ccc(Br)cc1/C=C1/SC(=O)N(CC(=O)O)C1=O. The molecule has 1 aliphatic rings. The Morgan fingerprint density at radius 3 is 2.72 bits per heavy atom. The van der Waals surface area contributed by atoms with Gasteiger partial charge in [0.05, 0.1) is 12.0 Å². The summed E-state index contributed by atoms with van der Waals surface area (Å²) in [5, 5.41) is 8.11. The Kier molecular flexibility index (Phi) is 6.21. The number of aliphatic carboxylic acids is 1. The first-order valence-corrected chi connectivity index (χ1v) is 8.39. The lowest BCUT2D eigenvalue weighted by Crippen LogP contribution is -2.33. The van der Waals surface area contributed by atoms with Crippen LogP contribution < -0.4 is 4.74 Å². The van der Waals surface area contributed by atoms with Gasteiger partial charge in [0, 0.05) is 10.0 Å². The number of amides is 2. The molecule has 0 aromatic heterocycles. The van der Waals surface area contributed by atoms with E-state index < -0.39 is 29.6 Å². The molecular formula is C15H12BrNO7S. The maximum atomic E-state index is 12.2. The van der Waals surface area contributed by atoms with Crippen molar-refractivity contribution in [3.8, 4) is 5.75 Å². The highest BCUT2D eigenvalue weighted by Crippen LogP contribution is 2.34. The molecule has 1 fully saturated rings. The maximum absolute atomic E-state index is 12.2. The highest BCUT2D eigenvalue weighted by Gasteiger charge is 2.36. The molecule has 2 amide bonds. The van der Waals surface area contributed by atoms with Gasteiger partial charge in [-0.2, -0.15) is 0 Å². The standard InChI is InChI=1S/C15H12BrNO7S/c1-23-13(20)7-24-10-3-2-9(16)4-8(10)5-11-14(21)17(6-12(18)19)15(22)25-11/h2-5H,6-7H2,1H3,(H,18,19)/b11-5+. The molecule has 1 heterocycles. The largest absolute Gasteiger partial charge is 0.481 e. The second kappa shape index (κ2) is 8.17. The van der Waals surface area contributed by atoms with Crippen molar-refractivity contribution in [2.75, 3.05) is 20.3 Å². The second-order valence-electron chi connectivity index (χ2n) is 4.71. The zero-order chi connectivity index (χ0) is 18.6. The Bertz CT molecular complexity index is 777. The zero-order valence-electron chi connectivity index (χ0n) is 12.9. The Morgan fingerprint density at radius 2 is 2.08 bits per heavy atom. The number of methoxy groups -OCH3 is 1. The van der Waals surface area contributed by atoms with E-state index in [9.17, 15) is 19.2 Å². The molecule has 0 unspecified atom stereocenters. The molecule has 2 rings (SSSR count). The lowest BCUT2D eigenvalue weighted by molar-refractivity contribution is -0.143. The summed E-state index contributed by atoms with van der Waals surface area (Å²) < 4.78 is 10.5. The molecule has 132 valence electrons. The summed E-state index contributed by atoms with van der Waals surface area (Å²) in [6.45, 7) is -1.02. The lowest BCUT2D eigenvalue weighted by Gasteiger charge is -2.10. The van der Waals surface area contributed by atoms with E-state index in [0.717, 1.165) is 0 Å². The first-order chi connectivity index (χ1) is 11.8. The molecule has 25 heavy (non-hydrogen) atoms. The Hall–Kier alpha value is -2.33. The van der Waals surface area contributed by atoms with Gasteiger partial charge in [0.25, 0.3) is 11.1 Å². The Balaban J connectivity index is 2.29. The predicted molar refractivity (Wildman–Crippen MR) is 92.0 cm³/mol. The van der Waals surface area contributed by atoms with E-state index in [1.54, 1.807) is 18.2 Å². The van der Waals surface area contributed by atoms with Gasteiger partial charge in [-0.15, -0.1) is 0 Å². The topological polar surface area (TPSA) is 110 Å². The third-order valence-electron chi connectivity index (χ3n) is 3.00. The number of carbonyl (C=O) groups excluding carboxylic acids is 3. The maximum Gasteiger partial charge on any atom is 0.343 e. The van der Waals surface area contributed by atoms with Gasteiger partial charge in [-0.05, 0) is 36.0 Å². The van der Waals surface area contributed by atoms with Gasteiger partial charge in [-0.3, -0.25) is 19.3 Å². The van der Waals surface area contributed by atoms with Crippen LogP contribution in [0.15, 0.2) is 27.6 Å². The van der Waals surface area contributed by atoms with Crippen LogP contribution >= 0.6 is 27.7 Å². The van der Waals surface area contributed by atoms with Gasteiger partial charge < -0.3 is 14.6 Å². The Labute approximate surface area is 154 Å². The summed E-state index contributed by atoms with van der Waals surface area (Å²) in [6, 6.07) is 4.90. The average Bonchev–Trinajstić information content (AvgIpc) is 2.81. The van der Waals surface area contributed by atoms with Crippen molar-refractivity contribution in [1.82, 2.24) is 4.90 Å². The number of carbonyl (C=O) groups is 4. The number of hydrogen-bond donors (Lipinski definition) is 1. The van der Waals surface area contributed by atoms with Crippen LogP contribution in [0.5, 0.6) is 5.75 Å². The van der Waals surface area contributed by atoms with Crippen LogP contribution in [0.1, 0.15) is 5.56 Å². The van der Waals surface area contributed by atoms with E-state index in [2.05, 4.69) is 20.7 Å². The summed E-state index contributed by atoms with van der Waals surface area (Å²) in [6.07, 6.45) is 1.41. The number of esters is 1. The summed E-state index contributed by atoms with van der Waals surface area (Å²) in [5.41, 5.74) is 0.444. The lowest BCUT2D eigenvalue weighted by atomic mass is 10.2. The molecule has 1 N–H and O–H groups in total. The van der Waals surface area contributed by atoms with Crippen molar-refractivity contribution >= 4 is 56.9 Å². The molecule has 0 radical (unpaired) electrons. The van der Waals surface area contributed by atoms with Crippen LogP contribution in [-0.4, -0.2) is 53.4 Å². The number of thioether (sulfide) groups is 1. The fourth-order valence-electron chi connectivity index (χ4n) is 1.87. The van der Waals surface area contributed by atoms with Crippen LogP contribution in [0, 0.1) is 0 Å². The van der Waals surface area contributed by atoms with Gasteiger partial charge in [0.15, 0.2) is 6.61 Å². The number of nitrogens with zero attached hydrogens (tertiary/aromatic N) is 1. The minimum absolute atomic E-state index is 0.0623. The summed E-state index contributed by atoms with van der Waals surface area (Å²) >= 11 is 3.92. The number of imide groups is 1. The van der Waals surface area contributed by atoms with Crippen LogP contribution in [0.2, 0.25) is 0 Å². The monoisotopic (exact) mass is 429 g/mol. The van der Waals surface area contributed by atoms with Crippen molar-refractivity contribution in [2.45, 2.75) is 0 Å². The van der Waals surface area contributed by atoms with Crippen molar-refractivity contribution in [2.24, 2.45) is 0 Å². The molecule has 10 heteroatoms. The van der Waals surface area contributed by atoms with E-state index in [0.29, 0.717) is 32.4 Å². The van der Waals surface area contributed by atoms with Crippen LogP contribution in [0.25, 0.3) is 6.08 Å². The molecular weight excluding hydrogens is 418 g/mol. The minimum Gasteiger partial charge on any atom is -0.481 e. The molecule has 1 aromatic rings. The fraction of sp³-hybridized carbons (Fsp3) is 0.200. The molecule has 0 atom stereocenters. The third kappa shape index (κ3) is 4.83. The summed E-state index contributed by atoms with van der Waals surface area (Å²) in [5.74, 6) is -2.25. The number of rotatable bonds is 6. The first-order valence-electron chi connectivity index (χ1n) is 6.78. The van der Waals surface area contributed by atoms with E-state index in [-0.39, 0.29) is 11.5 Å². The van der Waals surface area contributed by atoms with Crippen LogP contribution in [0.4, 0.5) is 4.79 Å². The van der Waals surface area contributed by atoms with E-state index in [4.69, 9.17) is 9.84 Å². The number of carboxylic acids is 1. The fourth-order valence-corrected chi connectivity index (χ4v) is 3.08. The van der Waals surface area contributed by atoms with Gasteiger partial charge >= 0.3 is 11.9 Å². The van der Waals surface area contributed by atoms with E-state index >= 15 is 0 Å². The van der Waals surface area contributed by atoms with Gasteiger partial charge in [0.1, 0.15) is 12.3 Å². The molecule has 0 aliphatic carbocycles. The van der Waals surface area contributed by atoms with E-state index in [1.165, 1.54) is 13.2 Å². The summed E-state index contributed by atoms with van der Waals surface area (Å²) in [4.78, 5) is 46.6. The molecule has 1 aliphatic heterocycles. The van der Waals surface area contributed by atoms with Gasteiger partial charge in [-0.25, -0.2) is 4.79 Å². The van der Waals surface area contributed by atoms with Gasteiger partial charge in [0.2, 0.25) is 0 Å².